The van der Waals surface area contributed by atoms with Crippen LogP contribution in [0.3, 0.4) is 0 Å². The van der Waals surface area contributed by atoms with Gasteiger partial charge < -0.3 is 5.32 Å². The zero-order valence-electron chi connectivity index (χ0n) is 9.15. The maximum Gasteiger partial charge on any atom is 0.0322 e. The Labute approximate surface area is 91.9 Å². The van der Waals surface area contributed by atoms with Crippen molar-refractivity contribution >= 4 is 0 Å². The first kappa shape index (κ1) is 9.41. The molecule has 0 amide bonds. The van der Waals surface area contributed by atoms with E-state index in [0.717, 1.165) is 12.0 Å². The molecular weight excluding hydrogens is 182 g/mol. The van der Waals surface area contributed by atoms with Gasteiger partial charge in [-0.2, -0.15) is 0 Å². The van der Waals surface area contributed by atoms with Gasteiger partial charge in [0.15, 0.2) is 0 Å². The maximum atomic E-state index is 3.83. The van der Waals surface area contributed by atoms with Crippen LogP contribution in [0.25, 0.3) is 0 Å². The number of nitrogens with one attached hydrogen (secondary N) is 1. The monoisotopic (exact) mass is 201 g/mol. The number of fused-ring (bicyclic) bond motifs is 1. The van der Waals surface area contributed by atoms with Gasteiger partial charge >= 0.3 is 0 Å². The Kier molecular flexibility index (Phi) is 2.49. The van der Waals surface area contributed by atoms with Crippen LogP contribution in [-0.4, -0.2) is 6.04 Å². The third-order valence-corrected chi connectivity index (χ3v) is 4.10. The lowest BCUT2D eigenvalue weighted by atomic mass is 9.87. The van der Waals surface area contributed by atoms with Crippen LogP contribution in [0.4, 0.5) is 0 Å². The summed E-state index contributed by atoms with van der Waals surface area (Å²) >= 11 is 0. The molecule has 0 spiro atoms. The van der Waals surface area contributed by atoms with Crippen LogP contribution >= 0.6 is 0 Å². The van der Waals surface area contributed by atoms with Crippen molar-refractivity contribution in [2.45, 2.75) is 44.2 Å². The van der Waals surface area contributed by atoms with Gasteiger partial charge in [0.25, 0.3) is 0 Å². The minimum atomic E-state index is 0.616. The van der Waals surface area contributed by atoms with E-state index in [1.165, 1.54) is 37.7 Å². The highest BCUT2D eigenvalue weighted by Crippen LogP contribution is 2.37. The second kappa shape index (κ2) is 3.97. The van der Waals surface area contributed by atoms with Crippen molar-refractivity contribution in [3.63, 3.8) is 0 Å². The van der Waals surface area contributed by atoms with E-state index in [1.807, 2.05) is 0 Å². The van der Waals surface area contributed by atoms with Crippen LogP contribution in [0.2, 0.25) is 0 Å². The Morgan fingerprint density at radius 1 is 0.933 bits per heavy atom. The van der Waals surface area contributed by atoms with Crippen molar-refractivity contribution in [1.29, 1.82) is 0 Å². The molecule has 2 fully saturated rings. The second-order valence-corrected chi connectivity index (χ2v) is 5.00. The van der Waals surface area contributed by atoms with Gasteiger partial charge in [0.1, 0.15) is 0 Å². The Balaban J connectivity index is 1.74. The summed E-state index contributed by atoms with van der Waals surface area (Å²) in [6, 6.07) is 12.3. The van der Waals surface area contributed by atoms with E-state index < -0.39 is 0 Å². The standard InChI is InChI=1S/C14H19N/c1-2-5-11(6-3-1)14-10-9-12-7-4-8-13(12)15-14/h1-3,5-6,12-15H,4,7-10H2. The molecule has 1 saturated carbocycles. The van der Waals surface area contributed by atoms with Crippen molar-refractivity contribution in [2.75, 3.05) is 0 Å². The molecular formula is C14H19N. The minimum Gasteiger partial charge on any atom is -0.307 e. The molecule has 15 heavy (non-hydrogen) atoms. The molecule has 3 unspecified atom stereocenters. The Morgan fingerprint density at radius 2 is 1.80 bits per heavy atom. The lowest BCUT2D eigenvalue weighted by molar-refractivity contribution is 0.261. The number of hydrogen-bond acceptors (Lipinski definition) is 1. The molecule has 3 rings (SSSR count). The zero-order valence-corrected chi connectivity index (χ0v) is 9.15. The number of benzene rings is 1. The predicted octanol–water partition coefficient (Wildman–Crippen LogP) is 3.28. The van der Waals surface area contributed by atoms with Crippen LogP contribution in [0.5, 0.6) is 0 Å². The molecule has 80 valence electrons. The Bertz CT molecular complexity index is 319. The van der Waals surface area contributed by atoms with Crippen molar-refractivity contribution in [3.8, 4) is 0 Å². The lowest BCUT2D eigenvalue weighted by Crippen LogP contribution is -2.40. The number of hydrogen-bond donors (Lipinski definition) is 1. The van der Waals surface area contributed by atoms with E-state index in [-0.39, 0.29) is 0 Å². The summed E-state index contributed by atoms with van der Waals surface area (Å²) in [6.07, 6.45) is 7.04. The minimum absolute atomic E-state index is 0.616. The maximum absolute atomic E-state index is 3.83. The van der Waals surface area contributed by atoms with E-state index in [0.29, 0.717) is 6.04 Å². The third-order valence-electron chi connectivity index (χ3n) is 4.10. The smallest absolute Gasteiger partial charge is 0.0322 e. The summed E-state index contributed by atoms with van der Waals surface area (Å²) in [5, 5.41) is 3.83. The summed E-state index contributed by atoms with van der Waals surface area (Å²) in [7, 11) is 0. The molecule has 2 aliphatic rings. The largest absolute Gasteiger partial charge is 0.307 e. The first-order valence-corrected chi connectivity index (χ1v) is 6.24. The van der Waals surface area contributed by atoms with Gasteiger partial charge in [-0.3, -0.25) is 0 Å². The van der Waals surface area contributed by atoms with E-state index in [9.17, 15) is 0 Å². The lowest BCUT2D eigenvalue weighted by Gasteiger charge is -2.33. The molecule has 1 nitrogen and oxygen atoms in total. The average molecular weight is 201 g/mol. The summed E-state index contributed by atoms with van der Waals surface area (Å²) in [6.45, 7) is 0. The molecule has 1 aromatic rings. The molecule has 1 aliphatic carbocycles. The van der Waals surface area contributed by atoms with Crippen molar-refractivity contribution in [3.05, 3.63) is 35.9 Å². The van der Waals surface area contributed by atoms with Gasteiger partial charge in [0.2, 0.25) is 0 Å². The molecule has 1 aromatic carbocycles. The van der Waals surface area contributed by atoms with Crippen LogP contribution in [-0.2, 0) is 0 Å². The molecule has 0 radical (unpaired) electrons. The zero-order chi connectivity index (χ0) is 10.1. The molecule has 1 heteroatoms. The molecule has 3 atom stereocenters. The molecule has 1 saturated heterocycles. The summed E-state index contributed by atoms with van der Waals surface area (Å²) in [5.74, 6) is 0.977. The highest BCUT2D eigenvalue weighted by atomic mass is 15.0. The topological polar surface area (TPSA) is 12.0 Å². The second-order valence-electron chi connectivity index (χ2n) is 5.00. The number of piperidine rings is 1. The molecule has 1 heterocycles. The van der Waals surface area contributed by atoms with Gasteiger partial charge in [0, 0.05) is 12.1 Å². The van der Waals surface area contributed by atoms with E-state index in [1.54, 1.807) is 0 Å². The summed E-state index contributed by atoms with van der Waals surface area (Å²) in [4.78, 5) is 0. The van der Waals surface area contributed by atoms with Crippen LogP contribution in [0, 0.1) is 5.92 Å². The van der Waals surface area contributed by atoms with Gasteiger partial charge in [-0.05, 0) is 37.2 Å². The average Bonchev–Trinajstić information content (AvgIpc) is 2.77. The van der Waals surface area contributed by atoms with Crippen molar-refractivity contribution < 1.29 is 0 Å². The van der Waals surface area contributed by atoms with Gasteiger partial charge in [-0.1, -0.05) is 36.8 Å². The van der Waals surface area contributed by atoms with Gasteiger partial charge in [-0.25, -0.2) is 0 Å². The molecule has 1 aliphatic heterocycles. The van der Waals surface area contributed by atoms with Crippen molar-refractivity contribution in [2.24, 2.45) is 5.92 Å². The Morgan fingerprint density at radius 3 is 2.67 bits per heavy atom. The first-order valence-electron chi connectivity index (χ1n) is 6.24. The molecule has 1 N–H and O–H groups in total. The highest BCUT2D eigenvalue weighted by Gasteiger charge is 2.33. The predicted molar refractivity (Wildman–Crippen MR) is 62.7 cm³/mol. The summed E-state index contributed by atoms with van der Waals surface area (Å²) < 4.78 is 0. The van der Waals surface area contributed by atoms with Crippen molar-refractivity contribution in [1.82, 2.24) is 5.32 Å². The summed E-state index contributed by atoms with van der Waals surface area (Å²) in [5.41, 5.74) is 1.47. The van der Waals surface area contributed by atoms with Gasteiger partial charge in [-0.15, -0.1) is 0 Å². The number of rotatable bonds is 1. The van der Waals surface area contributed by atoms with E-state index in [2.05, 4.69) is 35.6 Å². The third kappa shape index (κ3) is 1.81. The van der Waals surface area contributed by atoms with E-state index >= 15 is 0 Å². The first-order chi connectivity index (χ1) is 7.43. The van der Waals surface area contributed by atoms with Crippen LogP contribution in [0.1, 0.15) is 43.7 Å². The van der Waals surface area contributed by atoms with E-state index in [4.69, 9.17) is 0 Å². The quantitative estimate of drug-likeness (QED) is 0.735. The molecule has 0 aromatic heterocycles. The van der Waals surface area contributed by atoms with Crippen LogP contribution < -0.4 is 5.32 Å². The van der Waals surface area contributed by atoms with Gasteiger partial charge in [0.05, 0.1) is 0 Å². The molecule has 0 bridgehead atoms. The fourth-order valence-electron chi connectivity index (χ4n) is 3.27. The normalized spacial score (nSPS) is 35.1. The fraction of sp³-hybridized carbons (Fsp3) is 0.571. The van der Waals surface area contributed by atoms with Crippen LogP contribution in [0.15, 0.2) is 30.3 Å². The Hall–Kier alpha value is -0.820. The SMILES string of the molecule is c1ccc(C2CCC3CCCC3N2)cc1. The fourth-order valence-corrected chi connectivity index (χ4v) is 3.27. The highest BCUT2D eigenvalue weighted by molar-refractivity contribution is 5.20.